The third-order valence-corrected chi connectivity index (χ3v) is 7.22. The average Bonchev–Trinajstić information content (AvgIpc) is 3.61. The molecule has 3 heterocycles. The normalized spacial score (nSPS) is 16.8. The molecule has 3 aromatic carbocycles. The third-order valence-electron chi connectivity index (χ3n) is 7.22. The predicted molar refractivity (Wildman–Crippen MR) is 144 cm³/mol. The minimum Gasteiger partial charge on any atom is -0.492 e. The van der Waals surface area contributed by atoms with Crippen LogP contribution in [0.5, 0.6) is 5.75 Å². The SMILES string of the molecule is CN1CCCC1COc1ccc2cc(-c3n[nH]c4ccc(-c5n[nH]c(C(C)(C)C)n5)cc34)ccc2c1. The van der Waals surface area contributed by atoms with E-state index in [1.54, 1.807) is 0 Å². The van der Waals surface area contributed by atoms with E-state index in [-0.39, 0.29) is 5.41 Å². The number of hydrogen-bond acceptors (Lipinski definition) is 5. The molecule has 2 N–H and O–H groups in total. The number of likely N-dealkylation sites (tertiary alicyclic amines) is 1. The molecule has 1 fully saturated rings. The lowest BCUT2D eigenvalue weighted by molar-refractivity contribution is 0.198. The summed E-state index contributed by atoms with van der Waals surface area (Å²) in [6.07, 6.45) is 2.46. The summed E-state index contributed by atoms with van der Waals surface area (Å²) in [7, 11) is 2.18. The highest BCUT2D eigenvalue weighted by Crippen LogP contribution is 2.33. The van der Waals surface area contributed by atoms with Crippen LogP contribution in [0.3, 0.4) is 0 Å². The van der Waals surface area contributed by atoms with Crippen molar-refractivity contribution in [1.82, 2.24) is 30.3 Å². The number of H-pyrrole nitrogens is 2. The Morgan fingerprint density at radius 1 is 0.944 bits per heavy atom. The van der Waals surface area contributed by atoms with Crippen LogP contribution in [0.15, 0.2) is 54.6 Å². The van der Waals surface area contributed by atoms with Gasteiger partial charge < -0.3 is 9.64 Å². The largest absolute Gasteiger partial charge is 0.492 e. The average molecular weight is 481 g/mol. The van der Waals surface area contributed by atoms with Crippen LogP contribution in [0.4, 0.5) is 0 Å². The first-order valence-electron chi connectivity index (χ1n) is 12.6. The summed E-state index contributed by atoms with van der Waals surface area (Å²) in [5.74, 6) is 2.49. The van der Waals surface area contributed by atoms with Gasteiger partial charge in [0.2, 0.25) is 0 Å². The Labute approximate surface area is 210 Å². The van der Waals surface area contributed by atoms with Crippen LogP contribution >= 0.6 is 0 Å². The Morgan fingerprint density at radius 2 is 1.75 bits per heavy atom. The molecule has 184 valence electrons. The monoisotopic (exact) mass is 480 g/mol. The van der Waals surface area contributed by atoms with Crippen molar-refractivity contribution in [2.45, 2.75) is 45.1 Å². The molecule has 5 aromatic rings. The molecule has 36 heavy (non-hydrogen) atoms. The molecule has 1 atom stereocenters. The van der Waals surface area contributed by atoms with Gasteiger partial charge in [-0.05, 0) is 73.6 Å². The van der Waals surface area contributed by atoms with Gasteiger partial charge in [0.25, 0.3) is 0 Å². The van der Waals surface area contributed by atoms with E-state index in [4.69, 9.17) is 9.72 Å². The molecular formula is C29H32N6O. The van der Waals surface area contributed by atoms with Gasteiger partial charge in [-0.25, -0.2) is 4.98 Å². The van der Waals surface area contributed by atoms with Crippen LogP contribution in [0, 0.1) is 0 Å². The van der Waals surface area contributed by atoms with Crippen molar-refractivity contribution < 1.29 is 4.74 Å². The van der Waals surface area contributed by atoms with Crippen molar-refractivity contribution in [2.24, 2.45) is 0 Å². The number of aromatic nitrogens is 5. The van der Waals surface area contributed by atoms with Crippen molar-refractivity contribution in [1.29, 1.82) is 0 Å². The van der Waals surface area contributed by atoms with Crippen LogP contribution in [-0.2, 0) is 5.41 Å². The number of fused-ring (bicyclic) bond motifs is 2. The highest BCUT2D eigenvalue weighted by Gasteiger charge is 2.22. The third kappa shape index (κ3) is 4.24. The second-order valence-electron chi connectivity index (χ2n) is 10.9. The number of nitrogens with one attached hydrogen (secondary N) is 2. The Morgan fingerprint density at radius 3 is 2.53 bits per heavy atom. The maximum Gasteiger partial charge on any atom is 0.181 e. The number of likely N-dealkylation sites (N-methyl/N-ethyl adjacent to an activating group) is 1. The number of hydrogen-bond donors (Lipinski definition) is 2. The number of benzene rings is 3. The molecule has 1 unspecified atom stereocenters. The molecule has 6 rings (SSSR count). The van der Waals surface area contributed by atoms with E-state index in [0.29, 0.717) is 11.9 Å². The molecule has 1 aliphatic heterocycles. The lowest BCUT2D eigenvalue weighted by atomic mass is 9.96. The number of rotatable bonds is 5. The van der Waals surface area contributed by atoms with Crippen molar-refractivity contribution >= 4 is 21.7 Å². The molecular weight excluding hydrogens is 448 g/mol. The van der Waals surface area contributed by atoms with Gasteiger partial charge in [-0.15, -0.1) is 0 Å². The standard InChI is InChI=1S/C29H32N6O/c1-29(2,3)28-30-27(33-34-28)21-10-12-25-24(16-21)26(32-31-25)20-8-7-19-15-23(11-9-18(19)14-20)36-17-22-6-5-13-35(22)4/h7-12,14-16,22H,5-6,13,17H2,1-4H3,(H,31,32)(H,30,33,34). The van der Waals surface area contributed by atoms with Crippen molar-refractivity contribution in [2.75, 3.05) is 20.2 Å². The van der Waals surface area contributed by atoms with Gasteiger partial charge in [0, 0.05) is 28.0 Å². The van der Waals surface area contributed by atoms with E-state index in [1.807, 2.05) is 12.1 Å². The smallest absolute Gasteiger partial charge is 0.181 e. The summed E-state index contributed by atoms with van der Waals surface area (Å²) >= 11 is 0. The Hall–Kier alpha value is -3.71. The zero-order valence-corrected chi connectivity index (χ0v) is 21.3. The molecule has 0 saturated carbocycles. The van der Waals surface area contributed by atoms with Gasteiger partial charge in [-0.3, -0.25) is 10.2 Å². The molecule has 1 saturated heterocycles. The quantitative estimate of drug-likeness (QED) is 0.325. The Bertz CT molecular complexity index is 1540. The van der Waals surface area contributed by atoms with Gasteiger partial charge in [-0.2, -0.15) is 10.2 Å². The van der Waals surface area contributed by atoms with E-state index in [1.165, 1.54) is 12.8 Å². The van der Waals surface area contributed by atoms with E-state index in [9.17, 15) is 0 Å². The van der Waals surface area contributed by atoms with Gasteiger partial charge in [0.15, 0.2) is 5.82 Å². The summed E-state index contributed by atoms with van der Waals surface area (Å²) in [6, 6.07) is 19.5. The molecule has 7 nitrogen and oxygen atoms in total. The second-order valence-corrected chi connectivity index (χ2v) is 10.9. The molecule has 1 aliphatic rings. The van der Waals surface area contributed by atoms with Crippen LogP contribution in [0.25, 0.3) is 44.3 Å². The predicted octanol–water partition coefficient (Wildman–Crippen LogP) is 5.94. The van der Waals surface area contributed by atoms with Gasteiger partial charge >= 0.3 is 0 Å². The van der Waals surface area contributed by atoms with Crippen LogP contribution in [0.2, 0.25) is 0 Å². The topological polar surface area (TPSA) is 82.7 Å². The van der Waals surface area contributed by atoms with Crippen molar-refractivity contribution in [3.8, 4) is 28.4 Å². The van der Waals surface area contributed by atoms with Gasteiger partial charge in [-0.1, -0.05) is 39.0 Å². The van der Waals surface area contributed by atoms with E-state index in [0.717, 1.165) is 63.2 Å². The Balaban J connectivity index is 1.28. The molecule has 0 amide bonds. The van der Waals surface area contributed by atoms with Crippen LogP contribution in [0.1, 0.15) is 39.4 Å². The number of ether oxygens (including phenoxy) is 1. The molecule has 0 radical (unpaired) electrons. The summed E-state index contributed by atoms with van der Waals surface area (Å²) in [4.78, 5) is 7.11. The molecule has 0 bridgehead atoms. The summed E-state index contributed by atoms with van der Waals surface area (Å²) in [5.41, 5.74) is 3.86. The maximum absolute atomic E-state index is 6.13. The summed E-state index contributed by atoms with van der Waals surface area (Å²) in [5, 5.41) is 18.7. The van der Waals surface area contributed by atoms with E-state index < -0.39 is 0 Å². The van der Waals surface area contributed by atoms with Crippen LogP contribution < -0.4 is 4.74 Å². The first kappa shape index (κ1) is 22.7. The fourth-order valence-electron chi connectivity index (χ4n) is 4.94. The van der Waals surface area contributed by atoms with E-state index in [2.05, 4.69) is 95.6 Å². The van der Waals surface area contributed by atoms with Crippen LogP contribution in [-0.4, -0.2) is 56.5 Å². The van der Waals surface area contributed by atoms with Gasteiger partial charge in [0.1, 0.15) is 18.2 Å². The van der Waals surface area contributed by atoms with E-state index >= 15 is 0 Å². The highest BCUT2D eigenvalue weighted by molar-refractivity contribution is 5.97. The molecule has 0 spiro atoms. The zero-order valence-electron chi connectivity index (χ0n) is 21.3. The van der Waals surface area contributed by atoms with Gasteiger partial charge in [0.05, 0.1) is 11.2 Å². The minimum absolute atomic E-state index is 0.0843. The fraction of sp³-hybridized carbons (Fsp3) is 0.345. The van der Waals surface area contributed by atoms with Crippen molar-refractivity contribution in [3.05, 3.63) is 60.4 Å². The second kappa shape index (κ2) is 8.75. The molecule has 7 heteroatoms. The maximum atomic E-state index is 6.13. The first-order valence-corrected chi connectivity index (χ1v) is 12.6. The zero-order chi connectivity index (χ0) is 24.9. The first-order chi connectivity index (χ1) is 17.3. The minimum atomic E-state index is -0.0843. The number of aromatic amines is 2. The highest BCUT2D eigenvalue weighted by atomic mass is 16.5. The lowest BCUT2D eigenvalue weighted by Gasteiger charge is -2.19. The molecule has 2 aromatic heterocycles. The fourth-order valence-corrected chi connectivity index (χ4v) is 4.94. The summed E-state index contributed by atoms with van der Waals surface area (Å²) < 4.78 is 6.13. The lowest BCUT2D eigenvalue weighted by Crippen LogP contribution is -2.30. The summed E-state index contributed by atoms with van der Waals surface area (Å²) in [6.45, 7) is 8.27. The molecule has 0 aliphatic carbocycles. The Kier molecular flexibility index (Phi) is 5.52. The number of nitrogens with zero attached hydrogens (tertiary/aromatic N) is 4. The van der Waals surface area contributed by atoms with Crippen molar-refractivity contribution in [3.63, 3.8) is 0 Å².